The molecule has 1 aliphatic rings. The summed E-state index contributed by atoms with van der Waals surface area (Å²) in [6, 6.07) is 18.9. The Morgan fingerprint density at radius 3 is 2.57 bits per heavy atom. The van der Waals surface area contributed by atoms with Crippen molar-refractivity contribution in [2.75, 3.05) is 38.7 Å². The van der Waals surface area contributed by atoms with Crippen LogP contribution in [0.1, 0.15) is 40.9 Å². The number of esters is 1. The molecule has 7 nitrogen and oxygen atoms in total. The number of amides is 1. The first-order chi connectivity index (χ1) is 18.0. The summed E-state index contributed by atoms with van der Waals surface area (Å²) in [6.07, 6.45) is 4.06. The van der Waals surface area contributed by atoms with Crippen LogP contribution in [0, 0.1) is 0 Å². The second kappa shape index (κ2) is 12.7. The zero-order valence-corrected chi connectivity index (χ0v) is 22.3. The van der Waals surface area contributed by atoms with Crippen LogP contribution in [0.15, 0.2) is 78.0 Å². The number of carbonyl (C=O) groups excluding carboxylic acids is 2. The zero-order chi connectivity index (χ0) is 26.2. The highest BCUT2D eigenvalue weighted by Crippen LogP contribution is 2.47. The third-order valence-electron chi connectivity index (χ3n) is 6.07. The summed E-state index contributed by atoms with van der Waals surface area (Å²) in [4.78, 5) is 36.0. The molecule has 0 spiro atoms. The molecule has 1 aromatic heterocycles. The lowest BCUT2D eigenvalue weighted by atomic mass is 10.1. The molecule has 0 fully saturated rings. The molecule has 8 heteroatoms. The normalized spacial score (nSPS) is 17.3. The van der Waals surface area contributed by atoms with Crippen LogP contribution in [0.25, 0.3) is 0 Å². The first kappa shape index (κ1) is 26.7. The van der Waals surface area contributed by atoms with Gasteiger partial charge < -0.3 is 19.3 Å². The number of benzene rings is 2. The maximum absolute atomic E-state index is 14.1. The quantitative estimate of drug-likeness (QED) is 0.268. The van der Waals surface area contributed by atoms with E-state index in [0.29, 0.717) is 25.3 Å². The molecule has 1 amide bonds. The van der Waals surface area contributed by atoms with Gasteiger partial charge in [0.2, 0.25) is 0 Å². The number of thioether (sulfide) groups is 1. The van der Waals surface area contributed by atoms with Crippen LogP contribution in [0.4, 0.5) is 5.69 Å². The highest BCUT2D eigenvalue weighted by Gasteiger charge is 2.41. The maximum atomic E-state index is 14.1. The summed E-state index contributed by atoms with van der Waals surface area (Å²) in [5.74, 6) is -0.0426. The Morgan fingerprint density at radius 1 is 1.08 bits per heavy atom. The standard InChI is InChI=1S/C29H33N3O4S/c1-4-5-19-35-23-14-12-21(13-15-23)27-26(36-29(34)22-9-8-16-30-20-22)28(33)32(18-17-31(2)3)24-10-6-7-11-25(24)37-27/h6-16,20,26-27H,4-5,17-19H2,1-3H3/t26-,27+/m0/s1. The number of nitrogens with zero attached hydrogens (tertiary/aromatic N) is 3. The molecule has 0 aliphatic carbocycles. The van der Waals surface area contributed by atoms with E-state index in [1.807, 2.05) is 67.5 Å². The first-order valence-corrected chi connectivity index (χ1v) is 13.4. The van der Waals surface area contributed by atoms with Crippen LogP contribution in [0.5, 0.6) is 5.75 Å². The summed E-state index contributed by atoms with van der Waals surface area (Å²) >= 11 is 1.54. The lowest BCUT2D eigenvalue weighted by Gasteiger charge is -2.28. The van der Waals surface area contributed by atoms with Gasteiger partial charge in [0, 0.05) is 30.4 Å². The largest absolute Gasteiger partial charge is 0.494 e. The SMILES string of the molecule is CCCCOc1ccc([C@H]2Sc3ccccc3N(CCN(C)C)C(=O)[C@H]2OC(=O)c2cccnc2)cc1. The third-order valence-corrected chi connectivity index (χ3v) is 7.44. The van der Waals surface area contributed by atoms with Crippen molar-refractivity contribution in [2.24, 2.45) is 0 Å². The Balaban J connectivity index is 1.70. The first-order valence-electron chi connectivity index (χ1n) is 12.5. The van der Waals surface area contributed by atoms with Crippen molar-refractivity contribution >= 4 is 29.3 Å². The Labute approximate surface area is 222 Å². The molecule has 0 saturated carbocycles. The van der Waals surface area contributed by atoms with Crippen LogP contribution in [0.3, 0.4) is 0 Å². The van der Waals surface area contributed by atoms with Gasteiger partial charge in [0.15, 0.2) is 6.10 Å². The fraction of sp³-hybridized carbons (Fsp3) is 0.345. The third kappa shape index (κ3) is 6.70. The van der Waals surface area contributed by atoms with Crippen molar-refractivity contribution in [1.29, 1.82) is 0 Å². The number of likely N-dealkylation sites (N-methyl/N-ethyl adjacent to an activating group) is 1. The van der Waals surface area contributed by atoms with Gasteiger partial charge in [0.25, 0.3) is 5.91 Å². The zero-order valence-electron chi connectivity index (χ0n) is 21.5. The van der Waals surface area contributed by atoms with Crippen LogP contribution in [-0.2, 0) is 9.53 Å². The average Bonchev–Trinajstić information content (AvgIpc) is 3.03. The molecule has 2 atom stereocenters. The number of anilines is 1. The fourth-order valence-corrected chi connectivity index (χ4v) is 5.34. The van der Waals surface area contributed by atoms with Crippen LogP contribution >= 0.6 is 11.8 Å². The van der Waals surface area contributed by atoms with Gasteiger partial charge in [-0.15, -0.1) is 11.8 Å². The van der Waals surface area contributed by atoms with Crippen molar-refractivity contribution in [3.63, 3.8) is 0 Å². The van der Waals surface area contributed by atoms with E-state index < -0.39 is 17.3 Å². The van der Waals surface area contributed by atoms with Gasteiger partial charge in [0.1, 0.15) is 5.75 Å². The van der Waals surface area contributed by atoms with Crippen LogP contribution < -0.4 is 9.64 Å². The molecular weight excluding hydrogens is 486 g/mol. The molecule has 0 radical (unpaired) electrons. The molecule has 0 N–H and O–H groups in total. The number of rotatable bonds is 10. The number of pyridine rings is 1. The summed E-state index contributed by atoms with van der Waals surface area (Å²) in [5.41, 5.74) is 2.01. The van der Waals surface area contributed by atoms with Gasteiger partial charge in [-0.25, -0.2) is 4.79 Å². The van der Waals surface area contributed by atoms with Crippen molar-refractivity contribution in [3.05, 3.63) is 84.2 Å². The predicted octanol–water partition coefficient (Wildman–Crippen LogP) is 5.23. The average molecular weight is 520 g/mol. The molecule has 2 aromatic carbocycles. The Hall–Kier alpha value is -3.36. The summed E-state index contributed by atoms with van der Waals surface area (Å²) in [7, 11) is 3.94. The number of unbranched alkanes of at least 4 members (excludes halogenated alkanes) is 1. The topological polar surface area (TPSA) is 72.0 Å². The van der Waals surface area contributed by atoms with E-state index in [1.165, 1.54) is 18.0 Å². The van der Waals surface area contributed by atoms with Gasteiger partial charge in [-0.05, 0) is 62.5 Å². The van der Waals surface area contributed by atoms with E-state index in [1.54, 1.807) is 23.2 Å². The molecule has 2 heterocycles. The van der Waals surface area contributed by atoms with Gasteiger partial charge in [-0.1, -0.05) is 37.6 Å². The van der Waals surface area contributed by atoms with Crippen molar-refractivity contribution < 1.29 is 19.1 Å². The number of aromatic nitrogens is 1. The number of ether oxygens (including phenoxy) is 2. The van der Waals surface area contributed by atoms with E-state index in [9.17, 15) is 9.59 Å². The highest BCUT2D eigenvalue weighted by atomic mass is 32.2. The number of carbonyl (C=O) groups is 2. The number of hydrogen-bond donors (Lipinski definition) is 0. The highest BCUT2D eigenvalue weighted by molar-refractivity contribution is 7.99. The monoisotopic (exact) mass is 519 g/mol. The molecule has 37 heavy (non-hydrogen) atoms. The van der Waals surface area contributed by atoms with E-state index >= 15 is 0 Å². The number of para-hydroxylation sites is 1. The fourth-order valence-electron chi connectivity index (χ4n) is 4.02. The Bertz CT molecular complexity index is 1190. The van der Waals surface area contributed by atoms with E-state index in [4.69, 9.17) is 9.47 Å². The molecule has 3 aromatic rings. The molecular formula is C29H33N3O4S. The van der Waals surface area contributed by atoms with Crippen molar-refractivity contribution in [1.82, 2.24) is 9.88 Å². The maximum Gasteiger partial charge on any atom is 0.340 e. The molecule has 0 bridgehead atoms. The lowest BCUT2D eigenvalue weighted by molar-refractivity contribution is -0.127. The van der Waals surface area contributed by atoms with E-state index in [2.05, 4.69) is 11.9 Å². The van der Waals surface area contributed by atoms with Crippen LogP contribution in [-0.4, -0.2) is 61.7 Å². The van der Waals surface area contributed by atoms with Crippen molar-refractivity contribution in [3.8, 4) is 5.75 Å². The van der Waals surface area contributed by atoms with Gasteiger partial charge in [-0.3, -0.25) is 9.78 Å². The molecule has 0 unspecified atom stereocenters. The Kier molecular flexibility index (Phi) is 9.19. The minimum absolute atomic E-state index is 0.246. The minimum Gasteiger partial charge on any atom is -0.494 e. The molecule has 1 aliphatic heterocycles. The minimum atomic E-state index is -1.03. The Morgan fingerprint density at radius 2 is 1.86 bits per heavy atom. The van der Waals surface area contributed by atoms with Crippen molar-refractivity contribution in [2.45, 2.75) is 36.0 Å². The molecule has 4 rings (SSSR count). The number of fused-ring (bicyclic) bond motifs is 1. The number of hydrogen-bond acceptors (Lipinski definition) is 7. The second-order valence-electron chi connectivity index (χ2n) is 9.14. The lowest BCUT2D eigenvalue weighted by Crippen LogP contribution is -2.45. The van der Waals surface area contributed by atoms with Gasteiger partial charge >= 0.3 is 5.97 Å². The molecule has 0 saturated heterocycles. The smallest absolute Gasteiger partial charge is 0.340 e. The summed E-state index contributed by atoms with van der Waals surface area (Å²) < 4.78 is 11.8. The van der Waals surface area contributed by atoms with E-state index in [0.717, 1.165) is 34.7 Å². The van der Waals surface area contributed by atoms with E-state index in [-0.39, 0.29) is 5.91 Å². The van der Waals surface area contributed by atoms with Crippen LogP contribution in [0.2, 0.25) is 0 Å². The molecule has 194 valence electrons. The summed E-state index contributed by atoms with van der Waals surface area (Å²) in [5, 5.41) is -0.441. The van der Waals surface area contributed by atoms with Gasteiger partial charge in [-0.2, -0.15) is 0 Å². The second-order valence-corrected chi connectivity index (χ2v) is 10.3. The van der Waals surface area contributed by atoms with Gasteiger partial charge in [0.05, 0.1) is 23.1 Å². The predicted molar refractivity (Wildman–Crippen MR) is 146 cm³/mol. The summed E-state index contributed by atoms with van der Waals surface area (Å²) in [6.45, 7) is 3.93.